The molecular weight excluding hydrogens is 403 g/mol. The molecule has 30 heavy (non-hydrogen) atoms. The van der Waals surface area contributed by atoms with Crippen molar-refractivity contribution in [2.24, 2.45) is 0 Å². The number of fused-ring (bicyclic) bond motifs is 1. The molecule has 2 aliphatic rings. The van der Waals surface area contributed by atoms with E-state index in [0.29, 0.717) is 24.3 Å². The van der Waals surface area contributed by atoms with E-state index < -0.39 is 15.7 Å². The van der Waals surface area contributed by atoms with Gasteiger partial charge in [0.2, 0.25) is 9.84 Å². The van der Waals surface area contributed by atoms with Crippen LogP contribution in [0.25, 0.3) is 0 Å². The van der Waals surface area contributed by atoms with Crippen LogP contribution >= 0.6 is 0 Å². The predicted octanol–water partition coefficient (Wildman–Crippen LogP) is 3.55. The number of likely N-dealkylation sites (tertiary alicyclic amines) is 1. The Morgan fingerprint density at radius 2 is 1.93 bits per heavy atom. The van der Waals surface area contributed by atoms with E-state index in [9.17, 15) is 12.8 Å². The third-order valence-electron chi connectivity index (χ3n) is 6.34. The van der Waals surface area contributed by atoms with Crippen molar-refractivity contribution in [1.29, 1.82) is 0 Å². The summed E-state index contributed by atoms with van der Waals surface area (Å²) >= 11 is 0. The van der Waals surface area contributed by atoms with E-state index >= 15 is 0 Å². The number of likely N-dealkylation sites (N-methyl/N-ethyl adjacent to an activating group) is 1. The first-order valence-electron chi connectivity index (χ1n) is 10.5. The van der Waals surface area contributed by atoms with Gasteiger partial charge < -0.3 is 14.5 Å². The summed E-state index contributed by atoms with van der Waals surface area (Å²) in [7, 11) is 0.490. The summed E-state index contributed by atoms with van der Waals surface area (Å²) in [4.78, 5) is 4.91. The number of ether oxygens (including phenoxy) is 1. The zero-order chi connectivity index (χ0) is 21.3. The second kappa shape index (κ2) is 8.65. The Bertz CT molecular complexity index is 1010. The first-order valence-corrected chi connectivity index (χ1v) is 12.0. The van der Waals surface area contributed by atoms with Gasteiger partial charge in [0.1, 0.15) is 11.6 Å². The van der Waals surface area contributed by atoms with Gasteiger partial charge >= 0.3 is 0 Å². The maximum atomic E-state index is 13.5. The van der Waals surface area contributed by atoms with Crippen LogP contribution in [0.4, 0.5) is 4.39 Å². The highest BCUT2D eigenvalue weighted by molar-refractivity contribution is 7.91. The van der Waals surface area contributed by atoms with Crippen LogP contribution < -0.4 is 4.74 Å². The molecule has 1 fully saturated rings. The molecule has 4 rings (SSSR count). The molecule has 0 N–H and O–H groups in total. The van der Waals surface area contributed by atoms with Crippen molar-refractivity contribution in [2.45, 2.75) is 41.0 Å². The Labute approximate surface area is 178 Å². The number of sulfone groups is 1. The van der Waals surface area contributed by atoms with Crippen LogP contribution in [0.15, 0.2) is 52.3 Å². The molecule has 0 aromatic heterocycles. The zero-order valence-electron chi connectivity index (χ0n) is 17.6. The van der Waals surface area contributed by atoms with Crippen LogP contribution in [0.3, 0.4) is 0 Å². The Balaban J connectivity index is 1.49. The summed E-state index contributed by atoms with van der Waals surface area (Å²) < 4.78 is 45.1. The zero-order valence-corrected chi connectivity index (χ0v) is 18.4. The molecule has 0 radical (unpaired) electrons. The molecule has 5 nitrogen and oxygen atoms in total. The molecule has 1 saturated heterocycles. The second-order valence-corrected chi connectivity index (χ2v) is 10.4. The summed E-state index contributed by atoms with van der Waals surface area (Å²) in [5.41, 5.74) is 1.07. The van der Waals surface area contributed by atoms with E-state index in [1.807, 2.05) is 6.07 Å². The minimum Gasteiger partial charge on any atom is -0.493 e. The predicted molar refractivity (Wildman–Crippen MR) is 114 cm³/mol. The fourth-order valence-corrected chi connectivity index (χ4v) is 5.76. The number of hydrogen-bond acceptors (Lipinski definition) is 5. The maximum absolute atomic E-state index is 13.5. The van der Waals surface area contributed by atoms with E-state index in [0.717, 1.165) is 44.1 Å². The van der Waals surface area contributed by atoms with E-state index in [1.54, 1.807) is 12.1 Å². The van der Waals surface area contributed by atoms with Crippen molar-refractivity contribution in [2.75, 3.05) is 40.3 Å². The average Bonchev–Trinajstić information content (AvgIpc) is 3.21. The van der Waals surface area contributed by atoms with Crippen LogP contribution in [-0.2, 0) is 9.84 Å². The largest absolute Gasteiger partial charge is 0.493 e. The van der Waals surface area contributed by atoms with Crippen molar-refractivity contribution in [1.82, 2.24) is 9.80 Å². The van der Waals surface area contributed by atoms with Gasteiger partial charge in [0.15, 0.2) is 0 Å². The number of rotatable bonds is 6. The van der Waals surface area contributed by atoms with E-state index in [4.69, 9.17) is 4.74 Å². The lowest BCUT2D eigenvalue weighted by Gasteiger charge is -2.28. The van der Waals surface area contributed by atoms with Crippen molar-refractivity contribution in [3.8, 4) is 5.75 Å². The maximum Gasteiger partial charge on any atom is 0.206 e. The van der Waals surface area contributed by atoms with Crippen LogP contribution in [-0.4, -0.2) is 64.6 Å². The van der Waals surface area contributed by atoms with Gasteiger partial charge in [-0.2, -0.15) is 0 Å². The Hall–Kier alpha value is -1.96. The molecule has 2 aromatic carbocycles. The molecule has 0 bridgehead atoms. The van der Waals surface area contributed by atoms with Crippen LogP contribution in [0, 0.1) is 5.82 Å². The molecule has 2 aliphatic heterocycles. The molecule has 0 aliphatic carbocycles. The van der Waals surface area contributed by atoms with E-state index in [1.165, 1.54) is 24.6 Å². The second-order valence-electron chi connectivity index (χ2n) is 8.49. The minimum atomic E-state index is -3.78. The lowest BCUT2D eigenvalue weighted by atomic mass is 9.90. The van der Waals surface area contributed by atoms with Crippen molar-refractivity contribution in [3.05, 3.63) is 53.8 Å². The smallest absolute Gasteiger partial charge is 0.206 e. The molecule has 2 heterocycles. The van der Waals surface area contributed by atoms with Gasteiger partial charge in [-0.1, -0.05) is 12.1 Å². The Morgan fingerprint density at radius 1 is 1.13 bits per heavy atom. The van der Waals surface area contributed by atoms with Crippen molar-refractivity contribution < 1.29 is 17.5 Å². The molecule has 7 heteroatoms. The van der Waals surface area contributed by atoms with Crippen LogP contribution in [0.1, 0.15) is 30.7 Å². The summed E-state index contributed by atoms with van der Waals surface area (Å²) in [6.07, 6.45) is 3.18. The summed E-state index contributed by atoms with van der Waals surface area (Å²) in [5, 5.41) is 0. The van der Waals surface area contributed by atoms with Crippen LogP contribution in [0.2, 0.25) is 0 Å². The highest BCUT2D eigenvalue weighted by atomic mass is 32.2. The molecule has 2 unspecified atom stereocenters. The fraction of sp³-hybridized carbons (Fsp3) is 0.478. The van der Waals surface area contributed by atoms with Gasteiger partial charge in [-0.3, -0.25) is 0 Å². The summed E-state index contributed by atoms with van der Waals surface area (Å²) in [5.74, 6) is 0.429. The van der Waals surface area contributed by atoms with Crippen molar-refractivity contribution >= 4 is 9.84 Å². The highest BCUT2D eigenvalue weighted by Crippen LogP contribution is 2.38. The molecule has 162 valence electrons. The number of hydrogen-bond donors (Lipinski definition) is 0. The molecule has 2 atom stereocenters. The standard InChI is InChI=1S/C23H29FN2O3S/c1-25(2)19-9-12-26(16-19)11-8-17-10-13-29-23-15-21(6-7-22(17)23)30(27,28)20-5-3-4-18(24)14-20/h3-7,14-15,17,19H,8-13,16H2,1-2H3. The van der Waals surface area contributed by atoms with Crippen molar-refractivity contribution in [3.63, 3.8) is 0 Å². The monoisotopic (exact) mass is 432 g/mol. The Morgan fingerprint density at radius 3 is 2.67 bits per heavy atom. The average molecular weight is 433 g/mol. The fourth-order valence-electron chi connectivity index (χ4n) is 4.46. The number of nitrogens with zero attached hydrogens (tertiary/aromatic N) is 2. The van der Waals surface area contributed by atoms with Gasteiger partial charge in [-0.05, 0) is 88.3 Å². The first-order chi connectivity index (χ1) is 14.3. The summed E-state index contributed by atoms with van der Waals surface area (Å²) in [6.45, 7) is 3.86. The Kier molecular flexibility index (Phi) is 6.14. The number of benzene rings is 2. The minimum absolute atomic E-state index is 0.0423. The molecule has 0 spiro atoms. The SMILES string of the molecule is CN(C)C1CCN(CCC2CCOc3cc(S(=O)(=O)c4cccc(F)c4)ccc32)C1. The van der Waals surface area contributed by atoms with Gasteiger partial charge in [0.25, 0.3) is 0 Å². The van der Waals surface area contributed by atoms with Gasteiger partial charge in [-0.25, -0.2) is 12.8 Å². The van der Waals surface area contributed by atoms with Gasteiger partial charge in [0.05, 0.1) is 16.4 Å². The number of halogens is 1. The van der Waals surface area contributed by atoms with Gasteiger partial charge in [0, 0.05) is 12.6 Å². The third kappa shape index (κ3) is 4.38. The van der Waals surface area contributed by atoms with Crippen LogP contribution in [0.5, 0.6) is 5.75 Å². The molecule has 0 saturated carbocycles. The summed E-state index contributed by atoms with van der Waals surface area (Å²) in [6, 6.07) is 10.8. The topological polar surface area (TPSA) is 49.9 Å². The normalized spacial score (nSPS) is 22.1. The first kappa shape index (κ1) is 21.3. The third-order valence-corrected chi connectivity index (χ3v) is 8.09. The molecule has 0 amide bonds. The van der Waals surface area contributed by atoms with Gasteiger partial charge in [-0.15, -0.1) is 0 Å². The highest BCUT2D eigenvalue weighted by Gasteiger charge is 2.28. The molecular formula is C23H29FN2O3S. The lowest BCUT2D eigenvalue weighted by molar-refractivity contribution is 0.236. The lowest BCUT2D eigenvalue weighted by Crippen LogP contribution is -2.32. The molecule has 2 aromatic rings. The van der Waals surface area contributed by atoms with E-state index in [2.05, 4.69) is 23.9 Å². The van der Waals surface area contributed by atoms with E-state index in [-0.39, 0.29) is 9.79 Å². The quantitative estimate of drug-likeness (QED) is 0.699.